The summed E-state index contributed by atoms with van der Waals surface area (Å²) in [6.45, 7) is 5.44. The number of aromatic nitrogens is 1. The molecule has 1 aliphatic heterocycles. The van der Waals surface area contributed by atoms with Gasteiger partial charge in [-0.05, 0) is 24.1 Å². The van der Waals surface area contributed by atoms with Crippen LogP contribution in [0.3, 0.4) is 0 Å². The molecule has 1 aromatic heterocycles. The summed E-state index contributed by atoms with van der Waals surface area (Å²) in [4.78, 5) is 19.8. The molecule has 0 unspecified atom stereocenters. The van der Waals surface area contributed by atoms with Crippen LogP contribution in [0.4, 0.5) is 5.82 Å². The molecule has 1 aromatic carbocycles. The molecule has 2 aromatic rings. The SMILES string of the molecule is CCc1cccc2ccc(N3CCN(CC(=O)O)CC3)nc12. The van der Waals surface area contributed by atoms with E-state index >= 15 is 0 Å². The smallest absolute Gasteiger partial charge is 0.317 e. The Labute approximate surface area is 130 Å². The van der Waals surface area contributed by atoms with Gasteiger partial charge in [-0.1, -0.05) is 25.1 Å². The van der Waals surface area contributed by atoms with Gasteiger partial charge in [0.25, 0.3) is 0 Å². The second-order valence-electron chi connectivity index (χ2n) is 5.67. The van der Waals surface area contributed by atoms with E-state index in [0.717, 1.165) is 43.9 Å². The van der Waals surface area contributed by atoms with Crippen LogP contribution in [-0.2, 0) is 11.2 Å². The van der Waals surface area contributed by atoms with Crippen molar-refractivity contribution < 1.29 is 9.90 Å². The largest absolute Gasteiger partial charge is 0.480 e. The van der Waals surface area contributed by atoms with Gasteiger partial charge in [-0.15, -0.1) is 0 Å². The minimum Gasteiger partial charge on any atom is -0.480 e. The van der Waals surface area contributed by atoms with E-state index in [1.807, 2.05) is 4.90 Å². The first-order valence-electron chi connectivity index (χ1n) is 7.75. The molecule has 5 heteroatoms. The molecular weight excluding hydrogens is 278 g/mol. The Kier molecular flexibility index (Phi) is 4.24. The molecule has 1 aliphatic rings. The van der Waals surface area contributed by atoms with Gasteiger partial charge in [0.05, 0.1) is 12.1 Å². The Morgan fingerprint density at radius 3 is 2.64 bits per heavy atom. The zero-order chi connectivity index (χ0) is 15.5. The summed E-state index contributed by atoms with van der Waals surface area (Å²) in [5, 5.41) is 10.0. The van der Waals surface area contributed by atoms with Crippen LogP contribution in [0.2, 0.25) is 0 Å². The Morgan fingerprint density at radius 2 is 1.95 bits per heavy atom. The number of piperazine rings is 1. The number of para-hydroxylation sites is 1. The lowest BCUT2D eigenvalue weighted by atomic mass is 10.1. The summed E-state index contributed by atoms with van der Waals surface area (Å²) in [6, 6.07) is 10.5. The minimum atomic E-state index is -0.759. The normalized spacial score (nSPS) is 16.1. The Bertz CT molecular complexity index is 679. The number of hydrogen-bond acceptors (Lipinski definition) is 4. The van der Waals surface area contributed by atoms with Crippen molar-refractivity contribution in [2.24, 2.45) is 0 Å². The van der Waals surface area contributed by atoms with Crippen LogP contribution in [0.1, 0.15) is 12.5 Å². The van der Waals surface area contributed by atoms with E-state index < -0.39 is 5.97 Å². The number of fused-ring (bicyclic) bond motifs is 1. The topological polar surface area (TPSA) is 56.7 Å². The quantitative estimate of drug-likeness (QED) is 0.936. The number of nitrogens with zero attached hydrogens (tertiary/aromatic N) is 3. The van der Waals surface area contributed by atoms with Crippen molar-refractivity contribution in [1.82, 2.24) is 9.88 Å². The summed E-state index contributed by atoms with van der Waals surface area (Å²) >= 11 is 0. The van der Waals surface area contributed by atoms with E-state index in [1.165, 1.54) is 10.9 Å². The van der Waals surface area contributed by atoms with Gasteiger partial charge in [-0.3, -0.25) is 9.69 Å². The molecule has 5 nitrogen and oxygen atoms in total. The molecule has 0 aliphatic carbocycles. The number of rotatable bonds is 4. The third-order valence-corrected chi connectivity index (χ3v) is 4.23. The van der Waals surface area contributed by atoms with Crippen molar-refractivity contribution in [3.05, 3.63) is 35.9 Å². The first kappa shape index (κ1) is 14.8. The molecule has 22 heavy (non-hydrogen) atoms. The molecule has 0 radical (unpaired) electrons. The number of benzene rings is 1. The second kappa shape index (κ2) is 6.32. The standard InChI is InChI=1S/C17H21N3O2/c1-2-13-4-3-5-14-6-7-15(18-17(13)14)20-10-8-19(9-11-20)12-16(21)22/h3-7H,2,8-12H2,1H3,(H,21,22). The molecule has 3 rings (SSSR count). The van der Waals surface area contributed by atoms with E-state index in [4.69, 9.17) is 10.1 Å². The van der Waals surface area contributed by atoms with Crippen molar-refractivity contribution in [3.63, 3.8) is 0 Å². The third kappa shape index (κ3) is 3.04. The van der Waals surface area contributed by atoms with Crippen molar-refractivity contribution in [2.75, 3.05) is 37.6 Å². The summed E-state index contributed by atoms with van der Waals surface area (Å²) in [5.41, 5.74) is 2.35. The highest BCUT2D eigenvalue weighted by Crippen LogP contribution is 2.22. The summed E-state index contributed by atoms with van der Waals surface area (Å²) in [5.74, 6) is 0.230. The first-order valence-corrected chi connectivity index (χ1v) is 7.75. The van der Waals surface area contributed by atoms with Gasteiger partial charge >= 0.3 is 5.97 Å². The number of pyridine rings is 1. The Morgan fingerprint density at radius 1 is 1.18 bits per heavy atom. The maximum absolute atomic E-state index is 10.8. The highest BCUT2D eigenvalue weighted by molar-refractivity contribution is 5.83. The molecule has 116 valence electrons. The van der Waals surface area contributed by atoms with Crippen molar-refractivity contribution in [1.29, 1.82) is 0 Å². The molecule has 1 fully saturated rings. The predicted molar refractivity (Wildman–Crippen MR) is 87.4 cm³/mol. The van der Waals surface area contributed by atoms with Crippen LogP contribution >= 0.6 is 0 Å². The predicted octanol–water partition coefficient (Wildman–Crippen LogP) is 2.00. The van der Waals surface area contributed by atoms with Crippen molar-refractivity contribution in [3.8, 4) is 0 Å². The van der Waals surface area contributed by atoms with Crippen LogP contribution in [0.5, 0.6) is 0 Å². The van der Waals surface area contributed by atoms with Crippen LogP contribution in [-0.4, -0.2) is 53.7 Å². The molecule has 0 saturated carbocycles. The fourth-order valence-electron chi connectivity index (χ4n) is 2.99. The number of anilines is 1. The highest BCUT2D eigenvalue weighted by Gasteiger charge is 2.19. The molecule has 0 atom stereocenters. The monoisotopic (exact) mass is 299 g/mol. The van der Waals surface area contributed by atoms with Crippen molar-refractivity contribution in [2.45, 2.75) is 13.3 Å². The maximum atomic E-state index is 10.8. The lowest BCUT2D eigenvalue weighted by Crippen LogP contribution is -2.48. The average molecular weight is 299 g/mol. The number of aryl methyl sites for hydroxylation is 1. The molecule has 2 heterocycles. The zero-order valence-corrected chi connectivity index (χ0v) is 12.8. The minimum absolute atomic E-state index is 0.124. The molecule has 1 N–H and O–H groups in total. The van der Waals surface area contributed by atoms with Crippen LogP contribution in [0.15, 0.2) is 30.3 Å². The lowest BCUT2D eigenvalue weighted by molar-refractivity contribution is -0.138. The van der Waals surface area contributed by atoms with E-state index in [2.05, 4.69) is 42.2 Å². The number of carboxylic acids is 1. The molecule has 1 saturated heterocycles. The Hall–Kier alpha value is -2.14. The maximum Gasteiger partial charge on any atom is 0.317 e. The van der Waals surface area contributed by atoms with Gasteiger partial charge in [0, 0.05) is 31.6 Å². The van der Waals surface area contributed by atoms with Gasteiger partial charge in [-0.25, -0.2) is 4.98 Å². The lowest BCUT2D eigenvalue weighted by Gasteiger charge is -2.34. The van der Waals surface area contributed by atoms with Gasteiger partial charge in [0.2, 0.25) is 0 Å². The zero-order valence-electron chi connectivity index (χ0n) is 12.8. The van der Waals surface area contributed by atoms with Gasteiger partial charge < -0.3 is 10.0 Å². The third-order valence-electron chi connectivity index (χ3n) is 4.23. The summed E-state index contributed by atoms with van der Waals surface area (Å²) in [6.07, 6.45) is 0.972. The molecule has 0 bridgehead atoms. The molecule has 0 amide bonds. The number of hydrogen-bond donors (Lipinski definition) is 1. The van der Waals surface area contributed by atoms with Crippen LogP contribution < -0.4 is 4.90 Å². The van der Waals surface area contributed by atoms with E-state index in [-0.39, 0.29) is 6.54 Å². The Balaban J connectivity index is 1.78. The van der Waals surface area contributed by atoms with Crippen molar-refractivity contribution >= 4 is 22.7 Å². The fraction of sp³-hybridized carbons (Fsp3) is 0.412. The first-order chi connectivity index (χ1) is 10.7. The summed E-state index contributed by atoms with van der Waals surface area (Å²) in [7, 11) is 0. The van der Waals surface area contributed by atoms with E-state index in [9.17, 15) is 4.79 Å². The van der Waals surface area contributed by atoms with Gasteiger partial charge in [0.1, 0.15) is 5.82 Å². The summed E-state index contributed by atoms with van der Waals surface area (Å²) < 4.78 is 0. The molecular formula is C17H21N3O2. The molecule has 0 spiro atoms. The van der Waals surface area contributed by atoms with Crippen LogP contribution in [0.25, 0.3) is 10.9 Å². The van der Waals surface area contributed by atoms with E-state index in [1.54, 1.807) is 0 Å². The number of carbonyl (C=O) groups is 1. The van der Waals surface area contributed by atoms with Gasteiger partial charge in [0.15, 0.2) is 0 Å². The fourth-order valence-corrected chi connectivity index (χ4v) is 2.99. The number of carboxylic acid groups (broad SMARTS) is 1. The van der Waals surface area contributed by atoms with Gasteiger partial charge in [-0.2, -0.15) is 0 Å². The number of aliphatic carboxylic acids is 1. The van der Waals surface area contributed by atoms with E-state index in [0.29, 0.717) is 0 Å². The average Bonchev–Trinajstić information content (AvgIpc) is 2.54. The second-order valence-corrected chi connectivity index (χ2v) is 5.67. The van der Waals surface area contributed by atoms with Crippen LogP contribution in [0, 0.1) is 0 Å². The highest BCUT2D eigenvalue weighted by atomic mass is 16.4.